The molecular weight excluding hydrogens is 388 g/mol. The van der Waals surface area contributed by atoms with Crippen molar-refractivity contribution in [3.05, 3.63) is 69.5 Å². The summed E-state index contributed by atoms with van der Waals surface area (Å²) < 4.78 is 5.33. The highest BCUT2D eigenvalue weighted by Crippen LogP contribution is 2.29. The Labute approximate surface area is 183 Å². The molecule has 5 nitrogen and oxygen atoms in total. The molecule has 31 heavy (non-hydrogen) atoms. The van der Waals surface area contributed by atoms with Crippen molar-refractivity contribution >= 4 is 22.5 Å². The number of fused-ring (bicyclic) bond motifs is 1. The van der Waals surface area contributed by atoms with E-state index in [1.54, 1.807) is 12.0 Å². The van der Waals surface area contributed by atoms with Crippen LogP contribution in [0.25, 0.3) is 10.9 Å². The molecule has 0 spiro atoms. The smallest absolute Gasteiger partial charge is 0.253 e. The number of ether oxygens (including phenoxy) is 1. The number of anilines is 1. The number of hydrogen-bond donors (Lipinski definition) is 1. The molecule has 3 aromatic rings. The fourth-order valence-corrected chi connectivity index (χ4v) is 4.40. The van der Waals surface area contributed by atoms with Gasteiger partial charge in [-0.15, -0.1) is 0 Å². The minimum absolute atomic E-state index is 0.0231. The second kappa shape index (κ2) is 8.96. The maximum absolute atomic E-state index is 13.6. The first-order valence-electron chi connectivity index (χ1n) is 11.0. The van der Waals surface area contributed by atoms with E-state index >= 15 is 0 Å². The maximum atomic E-state index is 13.6. The number of carbonyl (C=O) groups is 1. The third-order valence-electron chi connectivity index (χ3n) is 6.48. The molecule has 0 unspecified atom stereocenters. The van der Waals surface area contributed by atoms with Crippen LogP contribution >= 0.6 is 0 Å². The zero-order valence-electron chi connectivity index (χ0n) is 18.5. The lowest BCUT2D eigenvalue weighted by molar-refractivity contribution is -0.123. The Kier molecular flexibility index (Phi) is 6.12. The fraction of sp³-hybridized carbons (Fsp3) is 0.385. The molecule has 0 aliphatic heterocycles. The van der Waals surface area contributed by atoms with Crippen LogP contribution in [0, 0.1) is 19.8 Å². The van der Waals surface area contributed by atoms with E-state index in [4.69, 9.17) is 4.74 Å². The molecule has 5 heteroatoms. The number of rotatable bonds is 5. The van der Waals surface area contributed by atoms with Gasteiger partial charge in [-0.1, -0.05) is 25.3 Å². The Bertz CT molecular complexity index is 1160. The van der Waals surface area contributed by atoms with Gasteiger partial charge in [-0.2, -0.15) is 0 Å². The highest BCUT2D eigenvalue weighted by atomic mass is 16.5. The summed E-state index contributed by atoms with van der Waals surface area (Å²) in [5.41, 5.74) is 4.33. The first kappa shape index (κ1) is 21.2. The number of carbonyl (C=O) groups excluding carboxylic acids is 1. The molecule has 162 valence electrons. The molecule has 0 bridgehead atoms. The topological polar surface area (TPSA) is 62.4 Å². The van der Waals surface area contributed by atoms with Gasteiger partial charge in [-0.05, 0) is 74.2 Å². The number of H-pyrrole nitrogens is 1. The molecule has 1 heterocycles. The molecule has 1 aliphatic carbocycles. The van der Waals surface area contributed by atoms with Crippen molar-refractivity contribution in [2.75, 3.05) is 12.0 Å². The molecular formula is C26H30N2O3. The van der Waals surface area contributed by atoms with Gasteiger partial charge in [0.25, 0.3) is 5.56 Å². The summed E-state index contributed by atoms with van der Waals surface area (Å²) in [7, 11) is 1.62. The Morgan fingerprint density at radius 3 is 2.52 bits per heavy atom. The van der Waals surface area contributed by atoms with E-state index in [0.717, 1.165) is 53.6 Å². The standard InChI is InChI=1S/C26H30N2O3/c1-17-9-10-22(13-18(17)2)28(26(30)19-7-5-4-6-8-19)16-21-14-20-15-23(31-3)11-12-24(20)27-25(21)29/h9-15,19H,4-8,16H2,1-3H3,(H,27,29). The van der Waals surface area contributed by atoms with Gasteiger partial charge in [-0.3, -0.25) is 9.59 Å². The molecule has 0 atom stereocenters. The van der Waals surface area contributed by atoms with E-state index in [0.29, 0.717) is 5.56 Å². The van der Waals surface area contributed by atoms with Gasteiger partial charge >= 0.3 is 0 Å². The summed E-state index contributed by atoms with van der Waals surface area (Å²) >= 11 is 0. The second-order valence-electron chi connectivity index (χ2n) is 8.60. The number of aromatic nitrogens is 1. The van der Waals surface area contributed by atoms with Gasteiger partial charge in [0.15, 0.2) is 0 Å². The van der Waals surface area contributed by atoms with Crippen molar-refractivity contribution in [2.24, 2.45) is 5.92 Å². The monoisotopic (exact) mass is 418 g/mol. The van der Waals surface area contributed by atoms with Crippen LogP contribution in [-0.4, -0.2) is 18.0 Å². The number of hydrogen-bond acceptors (Lipinski definition) is 3. The summed E-state index contributed by atoms with van der Waals surface area (Å²) in [5, 5.41) is 0.888. The van der Waals surface area contributed by atoms with Crippen LogP contribution in [0.3, 0.4) is 0 Å². The predicted octanol–water partition coefficient (Wildman–Crippen LogP) is 5.27. The number of nitrogens with one attached hydrogen (secondary N) is 1. The number of amides is 1. The van der Waals surface area contributed by atoms with E-state index in [1.807, 2.05) is 42.5 Å². The molecule has 4 rings (SSSR count). The lowest BCUT2D eigenvalue weighted by Gasteiger charge is -2.30. The summed E-state index contributed by atoms with van der Waals surface area (Å²) in [5.74, 6) is 0.873. The third-order valence-corrected chi connectivity index (χ3v) is 6.48. The van der Waals surface area contributed by atoms with Crippen molar-refractivity contribution in [1.29, 1.82) is 0 Å². The van der Waals surface area contributed by atoms with Crippen LogP contribution in [-0.2, 0) is 11.3 Å². The van der Waals surface area contributed by atoms with Gasteiger partial charge in [-0.25, -0.2) is 0 Å². The minimum atomic E-state index is -0.164. The second-order valence-corrected chi connectivity index (χ2v) is 8.60. The Morgan fingerprint density at radius 2 is 1.81 bits per heavy atom. The number of aromatic amines is 1. The van der Waals surface area contributed by atoms with Crippen LogP contribution in [0.5, 0.6) is 5.75 Å². The van der Waals surface area contributed by atoms with Crippen LogP contribution in [0.2, 0.25) is 0 Å². The molecule has 0 saturated heterocycles. The van der Waals surface area contributed by atoms with Crippen molar-refractivity contribution in [2.45, 2.75) is 52.5 Å². The van der Waals surface area contributed by atoms with Gasteiger partial charge < -0.3 is 14.6 Å². The molecule has 1 amide bonds. The lowest BCUT2D eigenvalue weighted by Crippen LogP contribution is -2.38. The molecule has 0 radical (unpaired) electrons. The fourth-order valence-electron chi connectivity index (χ4n) is 4.40. The first-order valence-corrected chi connectivity index (χ1v) is 11.0. The molecule has 1 aromatic heterocycles. The average molecular weight is 419 g/mol. The largest absolute Gasteiger partial charge is 0.497 e. The number of pyridine rings is 1. The van der Waals surface area contributed by atoms with Gasteiger partial charge in [0.1, 0.15) is 5.75 Å². The SMILES string of the molecule is COc1ccc2[nH]c(=O)c(CN(C(=O)C3CCCCC3)c3ccc(C)c(C)c3)cc2c1. The summed E-state index contributed by atoms with van der Waals surface area (Å²) in [6.07, 6.45) is 5.22. The van der Waals surface area contributed by atoms with Gasteiger partial charge in [0, 0.05) is 28.1 Å². The Balaban J connectivity index is 1.74. The predicted molar refractivity (Wildman–Crippen MR) is 125 cm³/mol. The first-order chi connectivity index (χ1) is 15.0. The highest BCUT2D eigenvalue weighted by molar-refractivity contribution is 5.95. The Hall–Kier alpha value is -3.08. The van der Waals surface area contributed by atoms with Crippen molar-refractivity contribution in [3.63, 3.8) is 0 Å². The molecule has 1 N–H and O–H groups in total. The number of aryl methyl sites for hydroxylation is 2. The maximum Gasteiger partial charge on any atom is 0.253 e. The molecule has 1 aliphatic rings. The molecule has 1 saturated carbocycles. The number of nitrogens with zero attached hydrogens (tertiary/aromatic N) is 1. The normalized spacial score (nSPS) is 14.5. The highest BCUT2D eigenvalue weighted by Gasteiger charge is 2.28. The minimum Gasteiger partial charge on any atom is -0.497 e. The Morgan fingerprint density at radius 1 is 1.03 bits per heavy atom. The number of benzene rings is 2. The van der Waals surface area contributed by atoms with Crippen LogP contribution in [0.4, 0.5) is 5.69 Å². The van der Waals surface area contributed by atoms with Crippen molar-refractivity contribution in [3.8, 4) is 5.75 Å². The van der Waals surface area contributed by atoms with E-state index in [1.165, 1.54) is 12.0 Å². The average Bonchev–Trinajstić information content (AvgIpc) is 2.79. The molecule has 1 fully saturated rings. The van der Waals surface area contributed by atoms with E-state index < -0.39 is 0 Å². The van der Waals surface area contributed by atoms with E-state index in [-0.39, 0.29) is 23.9 Å². The quantitative estimate of drug-likeness (QED) is 0.614. The zero-order valence-corrected chi connectivity index (χ0v) is 18.5. The van der Waals surface area contributed by atoms with Crippen LogP contribution in [0.15, 0.2) is 47.3 Å². The van der Waals surface area contributed by atoms with Crippen LogP contribution < -0.4 is 15.2 Å². The van der Waals surface area contributed by atoms with E-state index in [2.05, 4.69) is 18.8 Å². The van der Waals surface area contributed by atoms with Gasteiger partial charge in [0.05, 0.1) is 13.7 Å². The van der Waals surface area contributed by atoms with E-state index in [9.17, 15) is 9.59 Å². The van der Waals surface area contributed by atoms with Crippen molar-refractivity contribution < 1.29 is 9.53 Å². The third kappa shape index (κ3) is 4.50. The van der Waals surface area contributed by atoms with Crippen LogP contribution in [0.1, 0.15) is 48.8 Å². The molecule has 2 aromatic carbocycles. The lowest BCUT2D eigenvalue weighted by atomic mass is 9.88. The summed E-state index contributed by atoms with van der Waals surface area (Å²) in [6, 6.07) is 13.5. The summed E-state index contributed by atoms with van der Waals surface area (Å²) in [4.78, 5) is 31.2. The van der Waals surface area contributed by atoms with Crippen molar-refractivity contribution in [1.82, 2.24) is 4.98 Å². The summed E-state index contributed by atoms with van der Waals surface area (Å²) in [6.45, 7) is 4.37. The van der Waals surface area contributed by atoms with Gasteiger partial charge in [0.2, 0.25) is 5.91 Å². The number of methoxy groups -OCH3 is 1. The zero-order chi connectivity index (χ0) is 22.0.